The van der Waals surface area contributed by atoms with Crippen molar-refractivity contribution in [2.45, 2.75) is 13.0 Å². The van der Waals surface area contributed by atoms with E-state index in [9.17, 15) is 34.4 Å². The number of nitrogens with zero attached hydrogens (tertiary/aromatic N) is 1. The quantitative estimate of drug-likeness (QED) is 0.280. The number of benzene rings is 1. The monoisotopic (exact) mass is 382 g/mol. The second-order valence-corrected chi connectivity index (χ2v) is 5.48. The maximum absolute atomic E-state index is 12.3. The fourth-order valence-electron chi connectivity index (χ4n) is 2.38. The van der Waals surface area contributed by atoms with Crippen LogP contribution in [0.2, 0.25) is 0 Å². The first kappa shape index (κ1) is 21.5. The number of amides is 1. The molecule has 0 fully saturated rings. The summed E-state index contributed by atoms with van der Waals surface area (Å²) in [7, 11) is 2.03. The third kappa shape index (κ3) is 5.23. The summed E-state index contributed by atoms with van der Waals surface area (Å²) < 4.78 is 9.00. The van der Waals surface area contributed by atoms with Crippen LogP contribution in [0.25, 0.3) is 0 Å². The molecule has 1 aromatic rings. The van der Waals surface area contributed by atoms with Gasteiger partial charge in [-0.25, -0.2) is 4.79 Å². The molecule has 146 valence electrons. The Kier molecular flexibility index (Phi) is 7.39. The second kappa shape index (κ2) is 9.27. The zero-order valence-corrected chi connectivity index (χ0v) is 14.7. The number of esters is 2. The molecular weight excluding hydrogens is 364 g/mol. The van der Waals surface area contributed by atoms with Crippen molar-refractivity contribution < 1.29 is 38.7 Å². The molecule has 1 rings (SSSR count). The molecule has 1 aromatic carbocycles. The summed E-state index contributed by atoms with van der Waals surface area (Å²) in [5, 5.41) is 22.4. The van der Waals surface area contributed by atoms with E-state index >= 15 is 0 Å². The molecule has 0 aromatic heterocycles. The highest BCUT2D eigenvalue weighted by Crippen LogP contribution is 2.21. The number of rotatable bonds is 8. The molecule has 2 N–H and O–H groups in total. The van der Waals surface area contributed by atoms with Gasteiger partial charge in [0.15, 0.2) is 5.92 Å². The molecule has 0 aliphatic carbocycles. The Hall–Kier alpha value is -3.50. The predicted octanol–water partition coefficient (Wildman–Crippen LogP) is 0.376. The Morgan fingerprint density at radius 2 is 1.70 bits per heavy atom. The van der Waals surface area contributed by atoms with Gasteiger partial charge in [-0.2, -0.15) is 0 Å². The molecular formula is C16H18N2O9. The third-order valence-corrected chi connectivity index (χ3v) is 3.83. The van der Waals surface area contributed by atoms with E-state index in [4.69, 9.17) is 0 Å². The molecule has 27 heavy (non-hydrogen) atoms. The van der Waals surface area contributed by atoms with Crippen molar-refractivity contribution in [3.63, 3.8) is 0 Å². The van der Waals surface area contributed by atoms with Crippen molar-refractivity contribution in [1.29, 1.82) is 0 Å². The number of nitro groups is 1. The largest absolute Gasteiger partial charge is 0.480 e. The number of nitro benzene ring substituents is 1. The highest BCUT2D eigenvalue weighted by molar-refractivity contribution is 5.99. The average molecular weight is 382 g/mol. The minimum atomic E-state index is -1.67. The van der Waals surface area contributed by atoms with Crippen LogP contribution in [0.15, 0.2) is 24.3 Å². The summed E-state index contributed by atoms with van der Waals surface area (Å²) in [6, 6.07) is 2.98. The van der Waals surface area contributed by atoms with Crippen LogP contribution >= 0.6 is 0 Å². The van der Waals surface area contributed by atoms with E-state index in [1.54, 1.807) is 0 Å². The number of carbonyl (C=O) groups excluding carboxylic acids is 3. The molecule has 11 nitrogen and oxygen atoms in total. The zero-order chi connectivity index (χ0) is 20.7. The molecule has 0 aliphatic rings. The second-order valence-electron chi connectivity index (χ2n) is 5.48. The fraction of sp³-hybridized carbons (Fsp3) is 0.375. The Morgan fingerprint density at radius 1 is 1.15 bits per heavy atom. The van der Waals surface area contributed by atoms with E-state index in [1.165, 1.54) is 25.1 Å². The summed E-state index contributed by atoms with van der Waals surface area (Å²) in [6.45, 7) is 1.25. The van der Waals surface area contributed by atoms with Crippen molar-refractivity contribution in [3.8, 4) is 0 Å². The van der Waals surface area contributed by atoms with E-state index in [0.29, 0.717) is 0 Å². The molecule has 1 amide bonds. The SMILES string of the molecule is COC(=O)C(C(=O)OC)[C@H](C)[C@@H](NC(=O)c1cccc([N+](=O)[O-])c1)C(=O)O. The number of carboxylic acid groups (broad SMARTS) is 1. The standard InChI is InChI=1S/C16H18N2O9/c1-8(11(15(22)26-2)16(23)27-3)12(14(20)21)17-13(19)9-5-4-6-10(7-9)18(24)25/h4-8,11-12H,1-3H3,(H,17,19)(H,20,21)/t8-,12+/m0/s1. The number of ether oxygens (including phenoxy) is 2. The summed E-state index contributed by atoms with van der Waals surface area (Å²) in [6.07, 6.45) is 0. The van der Waals surface area contributed by atoms with E-state index in [2.05, 4.69) is 14.8 Å². The Bertz CT molecular complexity index is 746. The van der Waals surface area contributed by atoms with Gasteiger partial charge in [0.1, 0.15) is 6.04 Å². The van der Waals surface area contributed by atoms with Crippen LogP contribution in [0.5, 0.6) is 0 Å². The lowest BCUT2D eigenvalue weighted by atomic mass is 9.87. The van der Waals surface area contributed by atoms with E-state index in [0.717, 1.165) is 20.3 Å². The zero-order valence-electron chi connectivity index (χ0n) is 14.7. The van der Waals surface area contributed by atoms with Gasteiger partial charge in [-0.15, -0.1) is 0 Å². The van der Waals surface area contributed by atoms with Crippen molar-refractivity contribution >= 4 is 29.5 Å². The maximum Gasteiger partial charge on any atom is 0.326 e. The molecule has 0 unspecified atom stereocenters. The van der Waals surface area contributed by atoms with Crippen LogP contribution in [0.1, 0.15) is 17.3 Å². The molecule has 0 radical (unpaired) electrons. The molecule has 0 spiro atoms. The summed E-state index contributed by atoms with van der Waals surface area (Å²) in [4.78, 5) is 57.7. The van der Waals surface area contributed by atoms with Crippen molar-refractivity contribution in [1.82, 2.24) is 5.32 Å². The number of hydrogen-bond donors (Lipinski definition) is 2. The number of carboxylic acids is 1. The number of carbonyl (C=O) groups is 4. The summed E-state index contributed by atoms with van der Waals surface area (Å²) in [5.74, 6) is -7.31. The lowest BCUT2D eigenvalue weighted by molar-refractivity contribution is -0.384. The van der Waals surface area contributed by atoms with Crippen LogP contribution in [-0.2, 0) is 23.9 Å². The van der Waals surface area contributed by atoms with Crippen LogP contribution in [0.3, 0.4) is 0 Å². The highest BCUT2D eigenvalue weighted by Gasteiger charge is 2.42. The van der Waals surface area contributed by atoms with E-state index < -0.39 is 46.6 Å². The Morgan fingerprint density at radius 3 is 2.15 bits per heavy atom. The fourth-order valence-corrected chi connectivity index (χ4v) is 2.38. The Labute approximate surface area is 153 Å². The van der Waals surface area contributed by atoms with Gasteiger partial charge >= 0.3 is 17.9 Å². The van der Waals surface area contributed by atoms with Gasteiger partial charge in [-0.3, -0.25) is 24.5 Å². The minimum absolute atomic E-state index is 0.157. The van der Waals surface area contributed by atoms with Crippen molar-refractivity contribution in [3.05, 3.63) is 39.9 Å². The maximum atomic E-state index is 12.3. The number of non-ortho nitro benzene ring substituents is 1. The lowest BCUT2D eigenvalue weighted by Crippen LogP contribution is -2.50. The number of methoxy groups -OCH3 is 2. The normalized spacial score (nSPS) is 12.6. The first-order valence-electron chi connectivity index (χ1n) is 7.57. The summed E-state index contributed by atoms with van der Waals surface area (Å²) in [5.41, 5.74) is -0.514. The number of hydrogen-bond acceptors (Lipinski definition) is 8. The lowest BCUT2D eigenvalue weighted by Gasteiger charge is -2.26. The third-order valence-electron chi connectivity index (χ3n) is 3.83. The first-order chi connectivity index (χ1) is 12.6. The smallest absolute Gasteiger partial charge is 0.326 e. The number of nitrogens with one attached hydrogen (secondary N) is 1. The van der Waals surface area contributed by atoms with Crippen LogP contribution in [0, 0.1) is 22.0 Å². The molecule has 0 bridgehead atoms. The molecule has 2 atom stereocenters. The predicted molar refractivity (Wildman–Crippen MR) is 88.7 cm³/mol. The Balaban J connectivity index is 3.14. The highest BCUT2D eigenvalue weighted by atomic mass is 16.6. The molecule has 0 saturated carbocycles. The van der Waals surface area contributed by atoms with E-state index in [1.807, 2.05) is 0 Å². The molecule has 0 saturated heterocycles. The van der Waals surface area contributed by atoms with Crippen molar-refractivity contribution in [2.24, 2.45) is 11.8 Å². The topological polar surface area (TPSA) is 162 Å². The van der Waals surface area contributed by atoms with Gasteiger partial charge in [0, 0.05) is 23.6 Å². The van der Waals surface area contributed by atoms with Crippen LogP contribution in [-0.4, -0.2) is 54.1 Å². The van der Waals surface area contributed by atoms with Gasteiger partial charge in [0.05, 0.1) is 19.1 Å². The van der Waals surface area contributed by atoms with Gasteiger partial charge < -0.3 is 19.9 Å². The van der Waals surface area contributed by atoms with Gasteiger partial charge in [-0.05, 0) is 6.07 Å². The molecule has 11 heteroatoms. The van der Waals surface area contributed by atoms with Gasteiger partial charge in [0.25, 0.3) is 11.6 Å². The van der Waals surface area contributed by atoms with Gasteiger partial charge in [-0.1, -0.05) is 13.0 Å². The van der Waals surface area contributed by atoms with Crippen molar-refractivity contribution in [2.75, 3.05) is 14.2 Å². The van der Waals surface area contributed by atoms with Crippen LogP contribution in [0.4, 0.5) is 5.69 Å². The van der Waals surface area contributed by atoms with Crippen LogP contribution < -0.4 is 5.32 Å². The molecule has 0 aliphatic heterocycles. The molecule has 0 heterocycles. The van der Waals surface area contributed by atoms with E-state index in [-0.39, 0.29) is 11.3 Å². The van der Waals surface area contributed by atoms with Gasteiger partial charge in [0.2, 0.25) is 0 Å². The minimum Gasteiger partial charge on any atom is -0.480 e. The average Bonchev–Trinajstić information content (AvgIpc) is 2.65. The summed E-state index contributed by atoms with van der Waals surface area (Å²) >= 11 is 0. The number of aliphatic carboxylic acids is 1. The first-order valence-corrected chi connectivity index (χ1v) is 7.57.